The maximum Gasteiger partial charge on any atom is 0.207 e. The maximum atomic E-state index is 9.96. The first-order valence-corrected chi connectivity index (χ1v) is 3.69. The summed E-state index contributed by atoms with van der Waals surface area (Å²) in [6.07, 6.45) is 0.636. The van der Waals surface area contributed by atoms with Gasteiger partial charge in [0.2, 0.25) is 6.41 Å². The number of hydrogen-bond donors (Lipinski definition) is 2. The zero-order valence-electron chi connectivity index (χ0n) is 6.87. The maximum absolute atomic E-state index is 9.96. The topological polar surface area (TPSA) is 49.3 Å². The first-order chi connectivity index (χ1) is 5.74. The molecule has 3 nitrogen and oxygen atoms in total. The van der Waals surface area contributed by atoms with Gasteiger partial charge in [-0.2, -0.15) is 0 Å². The zero-order chi connectivity index (χ0) is 8.97. The minimum absolute atomic E-state index is 0.264. The van der Waals surface area contributed by atoms with Crippen molar-refractivity contribution in [3.05, 3.63) is 29.3 Å². The van der Waals surface area contributed by atoms with E-state index in [0.29, 0.717) is 13.0 Å². The van der Waals surface area contributed by atoms with Crippen LogP contribution in [0.2, 0.25) is 0 Å². The van der Waals surface area contributed by atoms with Gasteiger partial charge in [0.1, 0.15) is 5.75 Å². The predicted octanol–water partition coefficient (Wildman–Crippen LogP) is 0.947. The largest absolute Gasteiger partial charge is 0.508 e. The van der Waals surface area contributed by atoms with Gasteiger partial charge in [-0.15, -0.1) is 0 Å². The molecule has 0 unspecified atom stereocenters. The molecule has 1 aromatic rings. The monoisotopic (exact) mass is 165 g/mol. The number of phenols is 1. The Labute approximate surface area is 71.0 Å². The smallest absolute Gasteiger partial charge is 0.207 e. The van der Waals surface area contributed by atoms with E-state index in [1.807, 2.05) is 19.1 Å². The Bertz CT molecular complexity index is 284. The van der Waals surface area contributed by atoms with Crippen molar-refractivity contribution in [2.45, 2.75) is 13.5 Å². The second-order valence-electron chi connectivity index (χ2n) is 2.62. The van der Waals surface area contributed by atoms with Crippen LogP contribution in [0, 0.1) is 6.92 Å². The van der Waals surface area contributed by atoms with E-state index < -0.39 is 0 Å². The van der Waals surface area contributed by atoms with Gasteiger partial charge in [-0.3, -0.25) is 4.79 Å². The van der Waals surface area contributed by atoms with Crippen LogP contribution >= 0.6 is 0 Å². The van der Waals surface area contributed by atoms with E-state index in [1.54, 1.807) is 6.07 Å². The molecule has 2 N–H and O–H groups in total. The van der Waals surface area contributed by atoms with Crippen molar-refractivity contribution < 1.29 is 9.90 Å². The number of rotatable bonds is 3. The fraction of sp³-hybridized carbons (Fsp3) is 0.222. The average molecular weight is 165 g/mol. The van der Waals surface area contributed by atoms with E-state index in [9.17, 15) is 9.90 Å². The summed E-state index contributed by atoms with van der Waals surface area (Å²) in [5.74, 6) is 0.264. The van der Waals surface area contributed by atoms with Crippen LogP contribution in [0.5, 0.6) is 5.75 Å². The van der Waals surface area contributed by atoms with Gasteiger partial charge in [-0.05, 0) is 24.1 Å². The average Bonchev–Trinajstić information content (AvgIpc) is 2.07. The van der Waals surface area contributed by atoms with Gasteiger partial charge in [0.05, 0.1) is 0 Å². The zero-order valence-corrected chi connectivity index (χ0v) is 6.87. The van der Waals surface area contributed by atoms with Crippen molar-refractivity contribution >= 4 is 6.41 Å². The Hall–Kier alpha value is -1.51. The van der Waals surface area contributed by atoms with Gasteiger partial charge < -0.3 is 10.4 Å². The Morgan fingerprint density at radius 2 is 2.33 bits per heavy atom. The Kier molecular flexibility index (Phi) is 2.69. The third-order valence-corrected chi connectivity index (χ3v) is 1.66. The van der Waals surface area contributed by atoms with E-state index in [2.05, 4.69) is 5.32 Å². The molecule has 1 amide bonds. The van der Waals surface area contributed by atoms with Crippen LogP contribution < -0.4 is 5.32 Å². The number of benzene rings is 1. The lowest BCUT2D eigenvalue weighted by Gasteiger charge is -2.02. The second kappa shape index (κ2) is 3.76. The molecule has 0 aliphatic carbocycles. The van der Waals surface area contributed by atoms with E-state index in [4.69, 9.17) is 0 Å². The van der Waals surface area contributed by atoms with Gasteiger partial charge in [0, 0.05) is 6.54 Å². The van der Waals surface area contributed by atoms with E-state index in [-0.39, 0.29) is 5.75 Å². The molecule has 3 heteroatoms. The van der Waals surface area contributed by atoms with Crippen molar-refractivity contribution in [3.8, 4) is 5.75 Å². The highest BCUT2D eigenvalue weighted by molar-refractivity contribution is 5.46. The molecule has 0 spiro atoms. The van der Waals surface area contributed by atoms with Crippen LogP contribution in [0.25, 0.3) is 0 Å². The first-order valence-electron chi connectivity index (χ1n) is 3.69. The molecule has 12 heavy (non-hydrogen) atoms. The van der Waals surface area contributed by atoms with Crippen LogP contribution in [0.15, 0.2) is 18.2 Å². The number of hydrogen-bond acceptors (Lipinski definition) is 2. The highest BCUT2D eigenvalue weighted by atomic mass is 16.3. The summed E-state index contributed by atoms with van der Waals surface area (Å²) in [5.41, 5.74) is 1.73. The molecule has 0 heterocycles. The summed E-state index contributed by atoms with van der Waals surface area (Å²) in [5, 5.41) is 11.8. The van der Waals surface area contributed by atoms with Gasteiger partial charge in [0.25, 0.3) is 0 Å². The fourth-order valence-corrected chi connectivity index (χ4v) is 0.924. The summed E-state index contributed by atoms with van der Waals surface area (Å²) < 4.78 is 0. The van der Waals surface area contributed by atoms with Crippen LogP contribution in [-0.2, 0) is 11.3 Å². The Balaban J connectivity index is 2.75. The standard InChI is InChI=1S/C9H11NO2/c1-7-2-3-8(4-9(7)12)5-10-6-11/h2-4,6,12H,5H2,1H3,(H,10,11). The fourth-order valence-electron chi connectivity index (χ4n) is 0.924. The molecule has 0 saturated heterocycles. The normalized spacial score (nSPS) is 9.42. The minimum Gasteiger partial charge on any atom is -0.508 e. The molecule has 0 fully saturated rings. The van der Waals surface area contributed by atoms with Gasteiger partial charge in [-0.25, -0.2) is 0 Å². The summed E-state index contributed by atoms with van der Waals surface area (Å²) >= 11 is 0. The molecule has 0 aliphatic rings. The molecular formula is C9H11NO2. The Morgan fingerprint density at radius 3 is 2.92 bits per heavy atom. The molecule has 0 saturated carbocycles. The van der Waals surface area contributed by atoms with Gasteiger partial charge >= 0.3 is 0 Å². The number of carbonyl (C=O) groups is 1. The lowest BCUT2D eigenvalue weighted by atomic mass is 10.1. The minimum atomic E-state index is 0.264. The van der Waals surface area contributed by atoms with Crippen LogP contribution in [0.1, 0.15) is 11.1 Å². The summed E-state index contributed by atoms with van der Waals surface area (Å²) in [6, 6.07) is 5.33. The molecule has 0 atom stereocenters. The van der Waals surface area contributed by atoms with E-state index in [1.165, 1.54) is 0 Å². The second-order valence-corrected chi connectivity index (χ2v) is 2.62. The Morgan fingerprint density at radius 1 is 1.58 bits per heavy atom. The number of phenolic OH excluding ortho intramolecular Hbond substituents is 1. The van der Waals surface area contributed by atoms with Crippen molar-refractivity contribution in [3.63, 3.8) is 0 Å². The van der Waals surface area contributed by atoms with Crippen molar-refractivity contribution in [1.82, 2.24) is 5.32 Å². The molecule has 0 radical (unpaired) electrons. The lowest BCUT2D eigenvalue weighted by Crippen LogP contribution is -2.09. The van der Waals surface area contributed by atoms with Crippen LogP contribution in [0.4, 0.5) is 0 Å². The third-order valence-electron chi connectivity index (χ3n) is 1.66. The van der Waals surface area contributed by atoms with Crippen molar-refractivity contribution in [2.75, 3.05) is 0 Å². The number of carbonyl (C=O) groups excluding carboxylic acids is 1. The van der Waals surface area contributed by atoms with E-state index >= 15 is 0 Å². The van der Waals surface area contributed by atoms with Crippen LogP contribution in [0.3, 0.4) is 0 Å². The number of nitrogens with one attached hydrogen (secondary N) is 1. The third kappa shape index (κ3) is 1.99. The molecule has 1 aromatic carbocycles. The summed E-state index contributed by atoms with van der Waals surface area (Å²) in [4.78, 5) is 9.96. The number of aromatic hydroxyl groups is 1. The highest BCUT2D eigenvalue weighted by Crippen LogP contribution is 2.16. The lowest BCUT2D eigenvalue weighted by molar-refractivity contribution is -0.109. The van der Waals surface area contributed by atoms with Crippen molar-refractivity contribution in [1.29, 1.82) is 0 Å². The van der Waals surface area contributed by atoms with E-state index in [0.717, 1.165) is 11.1 Å². The summed E-state index contributed by atoms with van der Waals surface area (Å²) in [7, 11) is 0. The van der Waals surface area contributed by atoms with Crippen LogP contribution in [-0.4, -0.2) is 11.5 Å². The van der Waals surface area contributed by atoms with Gasteiger partial charge in [0.15, 0.2) is 0 Å². The number of aryl methyl sites for hydroxylation is 1. The molecule has 1 rings (SSSR count). The summed E-state index contributed by atoms with van der Waals surface area (Å²) in [6.45, 7) is 2.28. The van der Waals surface area contributed by atoms with Crippen molar-refractivity contribution in [2.24, 2.45) is 0 Å². The predicted molar refractivity (Wildman–Crippen MR) is 45.7 cm³/mol. The molecular weight excluding hydrogens is 154 g/mol. The quantitative estimate of drug-likeness (QED) is 0.655. The molecule has 0 bridgehead atoms. The van der Waals surface area contributed by atoms with Gasteiger partial charge in [-0.1, -0.05) is 12.1 Å². The first kappa shape index (κ1) is 8.59. The highest BCUT2D eigenvalue weighted by Gasteiger charge is 1.96. The molecule has 0 aromatic heterocycles. The number of amides is 1. The molecule has 64 valence electrons. The SMILES string of the molecule is Cc1ccc(CNC=O)cc1O. The molecule has 0 aliphatic heterocycles.